The third-order valence-corrected chi connectivity index (χ3v) is 28.5. The molecule has 5 aliphatic carbocycles. The summed E-state index contributed by atoms with van der Waals surface area (Å²) in [5.41, 5.74) is 10.7. The molecule has 0 atom stereocenters. The van der Waals surface area contributed by atoms with Crippen LogP contribution in [0.2, 0.25) is 0 Å². The van der Waals surface area contributed by atoms with Gasteiger partial charge in [0.1, 0.15) is 0 Å². The van der Waals surface area contributed by atoms with Crippen LogP contribution in [0.15, 0.2) is 16.6 Å². The van der Waals surface area contributed by atoms with E-state index in [1.54, 1.807) is 319 Å². The molecular formula is C74H21BrN2. The highest BCUT2D eigenvalue weighted by molar-refractivity contribution is 9.10. The van der Waals surface area contributed by atoms with E-state index >= 15 is 0 Å². The van der Waals surface area contributed by atoms with Gasteiger partial charge in [0, 0.05) is 33.8 Å². The second-order valence-electron chi connectivity index (χ2n) is 29.0. The van der Waals surface area contributed by atoms with Crippen molar-refractivity contribution in [2.45, 2.75) is 36.3 Å². The molecule has 0 radical (unpaired) electrons. The fourth-order valence-electron chi connectivity index (χ4n) is 27.4. The molecule has 0 amide bonds. The van der Waals surface area contributed by atoms with Crippen molar-refractivity contribution in [2.75, 3.05) is 28.2 Å². The summed E-state index contributed by atoms with van der Waals surface area (Å²) < 4.78 is 1.29. The van der Waals surface area contributed by atoms with Crippen LogP contribution in [0, 0.1) is 0 Å². The Morgan fingerprint density at radius 1 is 0.260 bits per heavy atom. The highest BCUT2D eigenvalue weighted by Gasteiger charge is 2.93. The van der Waals surface area contributed by atoms with E-state index in [0.29, 0.717) is 0 Å². The quantitative estimate of drug-likeness (QED) is 0.159. The lowest BCUT2D eigenvalue weighted by atomic mass is 9.68. The zero-order valence-corrected chi connectivity index (χ0v) is 42.9. The number of nitrogens with zero attached hydrogens (tertiary/aromatic N) is 2. The van der Waals surface area contributed by atoms with Crippen molar-refractivity contribution in [1.29, 1.82) is 0 Å². The molecule has 0 saturated heterocycles. The molecule has 334 valence electrons. The second kappa shape index (κ2) is 7.21. The third-order valence-electron chi connectivity index (χ3n) is 27.5. The normalized spacial score (nSPS) is 23.4. The number of hydrogen-bond donors (Lipinski definition) is 0. The molecule has 3 heteroatoms. The van der Waals surface area contributed by atoms with E-state index < -0.39 is 0 Å². The largest absolute Gasteiger partial charge is 0.305 e. The van der Waals surface area contributed by atoms with Crippen LogP contribution >= 0.6 is 15.9 Å². The van der Waals surface area contributed by atoms with Gasteiger partial charge in [0.2, 0.25) is 0 Å². The average molecular weight is 1020 g/mol. The molecule has 5 aliphatic rings. The Labute approximate surface area is 433 Å². The van der Waals surface area contributed by atoms with E-state index in [-0.39, 0.29) is 16.2 Å². The van der Waals surface area contributed by atoms with Gasteiger partial charge in [0.25, 0.3) is 0 Å². The van der Waals surface area contributed by atoms with E-state index in [4.69, 9.17) is 0 Å². The van der Waals surface area contributed by atoms with Crippen LogP contribution in [-0.2, 0) is 29.3 Å². The van der Waals surface area contributed by atoms with Crippen LogP contribution in [0.1, 0.15) is 45.9 Å². The zero-order chi connectivity index (χ0) is 47.3. The first kappa shape index (κ1) is 31.3. The molecule has 2 spiro atoms. The molecule has 1 saturated carbocycles. The molecule has 77 heavy (non-hydrogen) atoms. The first-order chi connectivity index (χ1) is 37.8. The van der Waals surface area contributed by atoms with E-state index in [1.165, 1.54) is 15.6 Å². The maximum absolute atomic E-state index is 4.35. The van der Waals surface area contributed by atoms with Gasteiger partial charge in [-0.3, -0.25) is 0 Å². The van der Waals surface area contributed by atoms with Gasteiger partial charge >= 0.3 is 0 Å². The molecule has 34 rings (SSSR count). The SMILES string of the molecule is CN(C)Cc1cc(C2(C)C34c5c6c7c8c9c%10c(c%11c%12c3c3c5c5c%13c6c6c7c7c9c9c%14c%10c%10c%11c%11c%12c%12c3c3c5c5c%13c%13c6c6c7c9c7c9c%14c%10c%10c%11c%11c%12c3c3c5c5c%13c6c7c6c9c%10c%11c3c56)C824)cc(CN(C)C)c1Br. The highest BCUT2D eigenvalue weighted by Crippen LogP contribution is 2.96. The molecule has 0 heterocycles. The summed E-state index contributed by atoms with van der Waals surface area (Å²) in [7, 11) is 9.09. The lowest BCUT2D eigenvalue weighted by molar-refractivity contribution is 0.393. The number of halogens is 1. The third kappa shape index (κ3) is 1.76. The molecule has 0 aliphatic heterocycles. The summed E-state index contributed by atoms with van der Waals surface area (Å²) in [6.07, 6.45) is 0. The molecule has 1 fully saturated rings. The first-order valence-electron chi connectivity index (χ1n) is 28.7. The predicted octanol–water partition coefficient (Wildman–Crippen LogP) is 19.2. The van der Waals surface area contributed by atoms with E-state index in [0.717, 1.165) is 13.1 Å². The van der Waals surface area contributed by atoms with Crippen LogP contribution in [0.25, 0.3) is 291 Å². The van der Waals surface area contributed by atoms with Gasteiger partial charge < -0.3 is 9.80 Å². The molecular weight excluding hydrogens is 997 g/mol. The minimum absolute atomic E-state index is 0.271. The molecule has 29 aromatic carbocycles. The van der Waals surface area contributed by atoms with Crippen molar-refractivity contribution in [3.8, 4) is 0 Å². The Hall–Kier alpha value is -7.92. The standard InChI is InChI=1S/C74H21BrN2/c1-72(12-6-10(8-76(2)3)71(75)11(7-12)9-77(4)5)73-67-59-51-41-31-23-15-13-14-17-21-19(15)27-35-29(21)39-33-25(17)26-18(14)22-20-16(13)24(23)32-38-28(20)36-30(22)40-34(26)44-43(33)53-47(39)57-49(35)55(45(51)37(27)31)63(67)65(57)69-61(53)62-54(44)48(40)58-50(36)56-46(38)52(42(32)41)60(59)68(73)64(56)66(58)70(62)74(69,72)73/h6-7H,8-9H2,1-5H3. The topological polar surface area (TPSA) is 6.48 Å². The van der Waals surface area contributed by atoms with Gasteiger partial charge in [-0.25, -0.2) is 0 Å². The number of hydrogen-bond acceptors (Lipinski definition) is 2. The van der Waals surface area contributed by atoms with Gasteiger partial charge in [-0.15, -0.1) is 0 Å². The van der Waals surface area contributed by atoms with E-state index in [1.807, 2.05) is 0 Å². The van der Waals surface area contributed by atoms with E-state index in [2.05, 4.69) is 73.0 Å². The zero-order valence-electron chi connectivity index (χ0n) is 41.3. The minimum atomic E-state index is -0.274. The first-order valence-corrected chi connectivity index (χ1v) is 29.5. The van der Waals surface area contributed by atoms with Crippen LogP contribution in [0.3, 0.4) is 0 Å². The van der Waals surface area contributed by atoms with Gasteiger partial charge in [-0.2, -0.15) is 0 Å². The Bertz CT molecular complexity index is 7090. The Kier molecular flexibility index (Phi) is 2.94. The fourth-order valence-corrected chi connectivity index (χ4v) is 27.8. The fraction of sp³-hybridized carbons (Fsp3) is 0.135. The van der Waals surface area contributed by atoms with Crippen LogP contribution < -0.4 is 0 Å². The van der Waals surface area contributed by atoms with Crippen molar-refractivity contribution < 1.29 is 0 Å². The smallest absolute Gasteiger partial charge is 0.0481 e. The summed E-state index contributed by atoms with van der Waals surface area (Å²) in [4.78, 5) is 4.82. The molecule has 0 bridgehead atoms. The van der Waals surface area contributed by atoms with Gasteiger partial charge in [-0.05, 0) is 358 Å². The Morgan fingerprint density at radius 2 is 0.403 bits per heavy atom. The minimum Gasteiger partial charge on any atom is -0.305 e. The summed E-state index contributed by atoms with van der Waals surface area (Å²) in [6, 6.07) is 5.52. The van der Waals surface area contributed by atoms with Crippen molar-refractivity contribution in [2.24, 2.45) is 0 Å². The Morgan fingerprint density at radius 3 is 0.545 bits per heavy atom. The molecule has 29 aromatic rings. The number of rotatable bonds is 5. The Balaban J connectivity index is 1.07. The summed E-state index contributed by atoms with van der Waals surface area (Å²) in [5.74, 6) is 0. The van der Waals surface area contributed by atoms with Gasteiger partial charge in [-0.1, -0.05) is 35.0 Å². The van der Waals surface area contributed by atoms with Gasteiger partial charge in [0.05, 0.1) is 0 Å². The highest BCUT2D eigenvalue weighted by atomic mass is 79.9. The van der Waals surface area contributed by atoms with Crippen LogP contribution in [-0.4, -0.2) is 38.0 Å². The van der Waals surface area contributed by atoms with E-state index in [9.17, 15) is 0 Å². The maximum atomic E-state index is 4.35. The molecule has 0 N–H and O–H groups in total. The molecule has 2 nitrogen and oxygen atoms in total. The summed E-state index contributed by atoms with van der Waals surface area (Å²) >= 11 is 4.35. The second-order valence-corrected chi connectivity index (χ2v) is 29.8. The molecule has 0 aromatic heterocycles. The molecule has 0 unspecified atom stereocenters. The van der Waals surface area contributed by atoms with Crippen molar-refractivity contribution in [3.63, 3.8) is 0 Å². The van der Waals surface area contributed by atoms with Crippen molar-refractivity contribution >= 4 is 307 Å². The van der Waals surface area contributed by atoms with Crippen molar-refractivity contribution in [3.05, 3.63) is 55.5 Å². The maximum Gasteiger partial charge on any atom is 0.0481 e. The van der Waals surface area contributed by atoms with Crippen LogP contribution in [0.5, 0.6) is 0 Å². The van der Waals surface area contributed by atoms with Crippen LogP contribution in [0.4, 0.5) is 0 Å². The monoisotopic (exact) mass is 1020 g/mol. The average Bonchev–Trinajstić information content (AvgIpc) is 1.38. The lowest BCUT2D eigenvalue weighted by Gasteiger charge is -2.32. The summed E-state index contributed by atoms with van der Waals surface area (Å²) in [6.45, 7) is 4.70. The number of benzene rings is 19. The lowest BCUT2D eigenvalue weighted by Crippen LogP contribution is -2.27. The van der Waals surface area contributed by atoms with Crippen molar-refractivity contribution in [1.82, 2.24) is 9.80 Å². The van der Waals surface area contributed by atoms with Gasteiger partial charge in [0.15, 0.2) is 0 Å². The predicted molar refractivity (Wildman–Crippen MR) is 330 cm³/mol. The summed E-state index contributed by atoms with van der Waals surface area (Å²) in [5, 5.41) is 90.3.